The fourth-order valence-electron chi connectivity index (χ4n) is 7.43. The molecule has 0 amide bonds. The van der Waals surface area contributed by atoms with Gasteiger partial charge in [-0.15, -0.1) is 0 Å². The number of aldehydes is 1. The first-order valence-corrected chi connectivity index (χ1v) is 23.3. The van der Waals surface area contributed by atoms with E-state index in [2.05, 4.69) is 91.0 Å². The third-order valence-corrected chi connectivity index (χ3v) is 11.8. The van der Waals surface area contributed by atoms with Crippen LogP contribution >= 0.6 is 15.9 Å². The molecule has 0 spiro atoms. The summed E-state index contributed by atoms with van der Waals surface area (Å²) in [5.74, 6) is 0.985. The lowest BCUT2D eigenvalue weighted by Gasteiger charge is -2.36. The van der Waals surface area contributed by atoms with Gasteiger partial charge in [0.1, 0.15) is 17.8 Å². The number of nitrogens with two attached hydrogens (primary N) is 1. The first-order valence-electron chi connectivity index (χ1n) is 22.5. The van der Waals surface area contributed by atoms with Crippen molar-refractivity contribution >= 4 is 46.7 Å². The average Bonchev–Trinajstić information content (AvgIpc) is 3.26. The third kappa shape index (κ3) is 24.2. The van der Waals surface area contributed by atoms with Crippen molar-refractivity contribution in [3.63, 3.8) is 0 Å². The summed E-state index contributed by atoms with van der Waals surface area (Å²) in [5, 5.41) is 55.1. The summed E-state index contributed by atoms with van der Waals surface area (Å²) >= 11 is 3.14. The Hall–Kier alpha value is -4.71. The van der Waals surface area contributed by atoms with Gasteiger partial charge in [-0.1, -0.05) is 84.0 Å². The maximum Gasteiger partial charge on any atom is 0.488 e. The predicted molar refractivity (Wildman–Crippen MR) is 263 cm³/mol. The van der Waals surface area contributed by atoms with Gasteiger partial charge in [0.25, 0.3) is 0 Å². The summed E-state index contributed by atoms with van der Waals surface area (Å²) in [6.07, 6.45) is 16.9. The molecule has 0 atom stereocenters. The SMILES string of the molecule is CC(C)(C)C1CCC(O)CC1.CC(C)(C)C1CCC(Oc2cncc(-c3cccc(CNCCC(=O)O)c3)c2)CC1.NCCC(=O)O.O=Cc1cccc(B(O)O)c1.Oc1cncc(Br)c1. The van der Waals surface area contributed by atoms with Gasteiger partial charge in [0.2, 0.25) is 0 Å². The number of aromatic hydroxyl groups is 1. The molecule has 4 aromatic rings. The number of nitrogens with one attached hydrogen (secondary N) is 1. The van der Waals surface area contributed by atoms with Crippen LogP contribution in [0.15, 0.2) is 89.9 Å². The Morgan fingerprint density at radius 1 is 0.788 bits per heavy atom. The van der Waals surface area contributed by atoms with Crippen molar-refractivity contribution in [2.75, 3.05) is 13.1 Å². The minimum atomic E-state index is -1.50. The van der Waals surface area contributed by atoms with E-state index in [4.69, 9.17) is 35.8 Å². The zero-order valence-electron chi connectivity index (χ0n) is 39.4. The van der Waals surface area contributed by atoms with Crippen molar-refractivity contribution in [2.24, 2.45) is 28.4 Å². The largest absolute Gasteiger partial charge is 0.506 e. The molecule has 0 bridgehead atoms. The number of rotatable bonds is 12. The first-order chi connectivity index (χ1) is 31.1. The molecule has 0 aliphatic heterocycles. The van der Waals surface area contributed by atoms with Gasteiger partial charge in [0.15, 0.2) is 0 Å². The van der Waals surface area contributed by atoms with Crippen LogP contribution in [0.1, 0.15) is 122 Å². The Morgan fingerprint density at radius 2 is 1.38 bits per heavy atom. The number of carbonyl (C=O) groups excluding carboxylic acids is 1. The molecule has 66 heavy (non-hydrogen) atoms. The van der Waals surface area contributed by atoms with Gasteiger partial charge in [-0.25, -0.2) is 0 Å². The van der Waals surface area contributed by atoms with E-state index in [0.29, 0.717) is 41.2 Å². The van der Waals surface area contributed by atoms with Crippen LogP contribution in [0.2, 0.25) is 0 Å². The molecule has 2 aromatic heterocycles. The summed E-state index contributed by atoms with van der Waals surface area (Å²) in [7, 11) is -1.50. The molecule has 0 unspecified atom stereocenters. The second-order valence-corrected chi connectivity index (χ2v) is 19.6. The molecule has 2 aromatic carbocycles. The van der Waals surface area contributed by atoms with Crippen molar-refractivity contribution in [3.8, 4) is 22.6 Å². The van der Waals surface area contributed by atoms with Crippen LogP contribution in [0.4, 0.5) is 0 Å². The van der Waals surface area contributed by atoms with Gasteiger partial charge in [0, 0.05) is 47.6 Å². The summed E-state index contributed by atoms with van der Waals surface area (Å²) in [6.45, 7) is 15.2. The highest BCUT2D eigenvalue weighted by Gasteiger charge is 2.31. The smallest absolute Gasteiger partial charge is 0.488 e. The van der Waals surface area contributed by atoms with E-state index < -0.39 is 19.1 Å². The highest BCUT2D eigenvalue weighted by molar-refractivity contribution is 9.10. The number of aliphatic hydroxyl groups excluding tert-OH is 1. The lowest BCUT2D eigenvalue weighted by atomic mass is 9.72. The Kier molecular flexibility index (Phi) is 26.0. The summed E-state index contributed by atoms with van der Waals surface area (Å²) < 4.78 is 7.07. The number of carboxylic acid groups (broad SMARTS) is 2. The number of ether oxygens (including phenoxy) is 1. The van der Waals surface area contributed by atoms with Gasteiger partial charge >= 0.3 is 19.1 Å². The van der Waals surface area contributed by atoms with Crippen LogP contribution in [0.25, 0.3) is 11.1 Å². The van der Waals surface area contributed by atoms with Crippen molar-refractivity contribution in [1.29, 1.82) is 0 Å². The van der Waals surface area contributed by atoms with Gasteiger partial charge in [0.05, 0.1) is 37.4 Å². The topological polar surface area (TPSA) is 246 Å². The number of aliphatic carboxylic acids is 2. The molecule has 2 saturated carbocycles. The predicted octanol–water partition coefficient (Wildman–Crippen LogP) is 8.03. The third-order valence-electron chi connectivity index (χ3n) is 11.3. The quantitative estimate of drug-likeness (QED) is 0.0381. The molecule has 0 radical (unpaired) electrons. The standard InChI is InChI=1S/C25H34N2O3.C10H20O.C7H7BO3.C5H4BrNO.C3H7NO2/c1-25(2,3)21-7-9-22(10-8-21)30-23-14-20(16-27-17-23)19-6-4-5-18(13-19)15-26-12-11-24(28)29;1-10(2,3)8-4-6-9(11)7-5-8;9-5-6-2-1-3-7(4-6)8(10)11;6-4-1-5(8)3-7-2-4;4-2-1-3(5)6/h4-6,13-14,16-17,21-22,26H,7-12,15H2,1-3H3,(H,28,29);8-9,11H,4-7H2,1-3H3;1-5,10-11H;1-3,8H;1-2,4H2,(H,5,6). The van der Waals surface area contributed by atoms with Gasteiger partial charge in [-0.3, -0.25) is 24.4 Å². The molecule has 362 valence electrons. The number of nitrogens with zero attached hydrogens (tertiary/aromatic N) is 2. The number of hydrogen-bond acceptors (Lipinski definition) is 12. The summed E-state index contributed by atoms with van der Waals surface area (Å²) in [5.41, 5.74) is 9.67. The van der Waals surface area contributed by atoms with Gasteiger partial charge in [-0.05, 0) is 125 Å². The van der Waals surface area contributed by atoms with E-state index in [1.54, 1.807) is 30.6 Å². The summed E-state index contributed by atoms with van der Waals surface area (Å²) in [4.78, 5) is 38.4. The first kappa shape index (κ1) is 57.4. The minimum absolute atomic E-state index is 0.00593. The van der Waals surface area contributed by atoms with Crippen molar-refractivity contribution < 1.29 is 49.6 Å². The van der Waals surface area contributed by atoms with Crippen LogP contribution in [-0.4, -0.2) is 91.1 Å². The number of aromatic nitrogens is 2. The normalized spacial score (nSPS) is 17.9. The van der Waals surface area contributed by atoms with Gasteiger partial charge in [-0.2, -0.15) is 0 Å². The van der Waals surface area contributed by atoms with Crippen molar-refractivity contribution in [2.45, 2.75) is 125 Å². The van der Waals surface area contributed by atoms with E-state index >= 15 is 0 Å². The number of benzene rings is 2. The van der Waals surface area contributed by atoms with Crippen LogP contribution in [0.3, 0.4) is 0 Å². The molecule has 2 aliphatic rings. The molecular formula is C50H72BBrN4O10. The zero-order chi connectivity index (χ0) is 49.3. The van der Waals surface area contributed by atoms with E-state index in [-0.39, 0.29) is 37.3 Å². The number of carboxylic acids is 2. The number of aliphatic hydroxyl groups is 1. The fourth-order valence-corrected chi connectivity index (χ4v) is 7.78. The maximum atomic E-state index is 10.6. The molecule has 6 rings (SSSR count). The maximum absolute atomic E-state index is 10.6. The van der Waals surface area contributed by atoms with Crippen LogP contribution in [-0.2, 0) is 16.1 Å². The van der Waals surface area contributed by atoms with Crippen molar-refractivity contribution in [3.05, 3.63) is 101 Å². The number of halogens is 1. The highest BCUT2D eigenvalue weighted by atomic mass is 79.9. The van der Waals surface area contributed by atoms with E-state index in [0.717, 1.165) is 64.4 Å². The Labute approximate surface area is 399 Å². The molecule has 0 saturated heterocycles. The monoisotopic (exact) mass is 978 g/mol. The zero-order valence-corrected chi connectivity index (χ0v) is 41.0. The molecule has 2 aliphatic carbocycles. The second-order valence-electron chi connectivity index (χ2n) is 18.7. The van der Waals surface area contributed by atoms with Crippen molar-refractivity contribution in [1.82, 2.24) is 15.3 Å². The lowest BCUT2D eigenvalue weighted by molar-refractivity contribution is -0.137. The van der Waals surface area contributed by atoms with Crippen LogP contribution < -0.4 is 21.3 Å². The molecule has 14 nitrogen and oxygen atoms in total. The molecule has 16 heteroatoms. The average molecular weight is 980 g/mol. The Balaban J connectivity index is 0.000000337. The summed E-state index contributed by atoms with van der Waals surface area (Å²) in [6, 6.07) is 18.0. The second kappa shape index (κ2) is 29.8. The molecule has 9 N–H and O–H groups in total. The molecule has 2 heterocycles. The lowest BCUT2D eigenvalue weighted by Crippen LogP contribution is -2.30. The number of pyridine rings is 2. The number of hydrogen-bond donors (Lipinski definition) is 8. The van der Waals surface area contributed by atoms with Crippen LogP contribution in [0, 0.1) is 22.7 Å². The van der Waals surface area contributed by atoms with E-state index in [1.165, 1.54) is 44.0 Å². The van der Waals surface area contributed by atoms with Crippen LogP contribution in [0.5, 0.6) is 11.5 Å². The minimum Gasteiger partial charge on any atom is -0.506 e. The Bertz CT molecular complexity index is 2010. The van der Waals surface area contributed by atoms with E-state index in [9.17, 15) is 19.5 Å². The number of carbonyl (C=O) groups is 3. The van der Waals surface area contributed by atoms with Gasteiger partial charge < -0.3 is 46.3 Å². The fraction of sp³-hybridized carbons (Fsp3) is 0.500. The molecular weight excluding hydrogens is 907 g/mol. The van der Waals surface area contributed by atoms with E-state index in [1.807, 2.05) is 18.3 Å². The molecule has 2 fully saturated rings. The Morgan fingerprint density at radius 3 is 1.88 bits per heavy atom. The highest BCUT2D eigenvalue weighted by Crippen LogP contribution is 2.39.